The van der Waals surface area contributed by atoms with Crippen molar-refractivity contribution in [3.8, 4) is 0 Å². The molecule has 0 saturated heterocycles. The van der Waals surface area contributed by atoms with Gasteiger partial charge in [0.15, 0.2) is 0 Å². The Kier molecular flexibility index (Phi) is 31.9. The summed E-state index contributed by atoms with van der Waals surface area (Å²) in [6, 6.07) is 0. The zero-order chi connectivity index (χ0) is 4.83. The Hall–Kier alpha value is 1.39. The van der Waals surface area contributed by atoms with Crippen LogP contribution < -0.4 is 0 Å². The van der Waals surface area contributed by atoms with E-state index in [-0.39, 0.29) is 36.5 Å². The third-order valence-corrected chi connectivity index (χ3v) is 0.901. The van der Waals surface area contributed by atoms with Crippen LogP contribution in [0.3, 0.4) is 0 Å². The average molecular weight is 252 g/mol. The minimum atomic E-state index is 0. The topological polar surface area (TPSA) is 0 Å². The van der Waals surface area contributed by atoms with Crippen LogP contribution >= 0.6 is 28.6 Å². The molecule has 0 heterocycles. The summed E-state index contributed by atoms with van der Waals surface area (Å²) in [5.74, 6) is 0.787. The molecule has 0 saturated carbocycles. The Morgan fingerprint density at radius 3 is 1.88 bits per heavy atom. The van der Waals surface area contributed by atoms with Gasteiger partial charge in [0.05, 0.1) is 0 Å². The second-order valence-electron chi connectivity index (χ2n) is 1.25. The van der Waals surface area contributed by atoms with E-state index < -0.39 is 0 Å². The Morgan fingerprint density at radius 2 is 1.75 bits per heavy atom. The molecular formula is C5H11BrClZn-. The fourth-order valence-electron chi connectivity index (χ4n) is 0.271. The monoisotopic (exact) mass is 249 g/mol. The van der Waals surface area contributed by atoms with Gasteiger partial charge in [0.25, 0.3) is 0 Å². The van der Waals surface area contributed by atoms with Crippen LogP contribution in [0.1, 0.15) is 19.3 Å². The predicted octanol–water partition coefficient (Wildman–Crippen LogP) is 2.80. The van der Waals surface area contributed by atoms with Crippen LogP contribution in [0.25, 0.3) is 0 Å². The summed E-state index contributed by atoms with van der Waals surface area (Å²) >= 11 is 5.35. The van der Waals surface area contributed by atoms with Gasteiger partial charge in [-0.2, -0.15) is 6.42 Å². The molecule has 0 radical (unpaired) electrons. The molecule has 0 unspecified atom stereocenters. The largest absolute Gasteiger partial charge is 0.343 e. The molecule has 48 valence electrons. The fourth-order valence-corrected chi connectivity index (χ4v) is 0.460. The summed E-state index contributed by atoms with van der Waals surface area (Å²) in [6.07, 6.45) is 3.31. The molecule has 0 aromatic heterocycles. The Labute approximate surface area is 79.9 Å². The van der Waals surface area contributed by atoms with E-state index in [1.165, 1.54) is 6.42 Å². The molecule has 0 aliphatic heterocycles. The first-order chi connectivity index (χ1) is 2.91. The molecule has 0 N–H and O–H groups in total. The fraction of sp³-hybridized carbons (Fsp3) is 0.800. The van der Waals surface area contributed by atoms with E-state index >= 15 is 0 Å². The van der Waals surface area contributed by atoms with Gasteiger partial charge in [-0.05, 0) is 6.42 Å². The van der Waals surface area contributed by atoms with Crippen molar-refractivity contribution in [1.82, 2.24) is 0 Å². The summed E-state index contributed by atoms with van der Waals surface area (Å²) in [7, 11) is 0. The number of unbranched alkanes of at least 4 members (excludes halogenated alkanes) is 2. The molecule has 0 aromatic carbocycles. The van der Waals surface area contributed by atoms with Crippen molar-refractivity contribution in [2.45, 2.75) is 19.3 Å². The first kappa shape index (κ1) is 16.2. The number of rotatable bonds is 3. The number of hydrogen-bond acceptors (Lipinski definition) is 0. The molecule has 8 heavy (non-hydrogen) atoms. The maximum absolute atomic E-state index is 5.35. The summed E-state index contributed by atoms with van der Waals surface area (Å²) in [5.41, 5.74) is 0. The summed E-state index contributed by atoms with van der Waals surface area (Å²) in [6.45, 7) is 3.66. The first-order valence-electron chi connectivity index (χ1n) is 2.27. The SMILES string of the molecule is Br.[CH2-]CCCCCl.[Zn]. The predicted molar refractivity (Wildman–Crippen MR) is 40.3 cm³/mol. The van der Waals surface area contributed by atoms with Crippen molar-refractivity contribution in [2.24, 2.45) is 0 Å². The van der Waals surface area contributed by atoms with Crippen LogP contribution in [0.5, 0.6) is 0 Å². The van der Waals surface area contributed by atoms with Gasteiger partial charge >= 0.3 is 0 Å². The van der Waals surface area contributed by atoms with E-state index in [4.69, 9.17) is 11.6 Å². The number of halogens is 2. The molecule has 0 aliphatic rings. The minimum Gasteiger partial charge on any atom is -0.343 e. The third kappa shape index (κ3) is 15.7. The third-order valence-electron chi connectivity index (χ3n) is 0.634. The minimum absolute atomic E-state index is 0. The molecule has 0 fully saturated rings. The Bertz CT molecular complexity index is 24.4. The van der Waals surface area contributed by atoms with Crippen LogP contribution in [0.2, 0.25) is 0 Å². The van der Waals surface area contributed by atoms with Gasteiger partial charge in [0, 0.05) is 25.4 Å². The molecule has 0 aromatic rings. The van der Waals surface area contributed by atoms with Gasteiger partial charge in [-0.25, -0.2) is 0 Å². The maximum Gasteiger partial charge on any atom is 0.0222 e. The molecule has 0 aliphatic carbocycles. The molecule has 0 atom stereocenters. The normalized spacial score (nSPS) is 6.75. The van der Waals surface area contributed by atoms with Gasteiger partial charge in [0.2, 0.25) is 0 Å². The molecular weight excluding hydrogens is 241 g/mol. The van der Waals surface area contributed by atoms with Crippen molar-refractivity contribution >= 4 is 28.6 Å². The summed E-state index contributed by atoms with van der Waals surface area (Å²) in [5, 5.41) is 0. The van der Waals surface area contributed by atoms with E-state index in [1.54, 1.807) is 0 Å². The van der Waals surface area contributed by atoms with Crippen molar-refractivity contribution in [2.75, 3.05) is 5.88 Å². The Balaban J connectivity index is -0.000000125. The van der Waals surface area contributed by atoms with E-state index in [1.807, 2.05) is 0 Å². The van der Waals surface area contributed by atoms with Crippen LogP contribution in [-0.2, 0) is 19.5 Å². The van der Waals surface area contributed by atoms with E-state index in [0.717, 1.165) is 18.7 Å². The summed E-state index contributed by atoms with van der Waals surface area (Å²) in [4.78, 5) is 0. The van der Waals surface area contributed by atoms with Crippen molar-refractivity contribution in [3.05, 3.63) is 6.92 Å². The van der Waals surface area contributed by atoms with Crippen molar-refractivity contribution in [1.29, 1.82) is 0 Å². The first-order valence-corrected chi connectivity index (χ1v) is 2.80. The standard InChI is InChI=1S/C5H10Cl.BrH.Zn/c1-2-3-4-5-6;;/h1-5H2;1H;/q-1;;. The molecule has 0 nitrogen and oxygen atoms in total. The molecule has 0 bridgehead atoms. The second kappa shape index (κ2) is 15.8. The van der Waals surface area contributed by atoms with E-state index in [9.17, 15) is 0 Å². The molecule has 0 rings (SSSR count). The van der Waals surface area contributed by atoms with Gasteiger partial charge < -0.3 is 6.92 Å². The van der Waals surface area contributed by atoms with Crippen LogP contribution in [0.4, 0.5) is 0 Å². The van der Waals surface area contributed by atoms with Crippen LogP contribution in [-0.4, -0.2) is 5.88 Å². The van der Waals surface area contributed by atoms with Gasteiger partial charge in [0.1, 0.15) is 0 Å². The quantitative estimate of drug-likeness (QED) is 0.313. The number of alkyl halides is 1. The van der Waals surface area contributed by atoms with Crippen LogP contribution in [0.15, 0.2) is 0 Å². The van der Waals surface area contributed by atoms with Crippen molar-refractivity contribution in [3.63, 3.8) is 0 Å². The van der Waals surface area contributed by atoms with Gasteiger partial charge in [-0.3, -0.25) is 0 Å². The van der Waals surface area contributed by atoms with Crippen molar-refractivity contribution < 1.29 is 19.5 Å². The molecule has 3 heteroatoms. The zero-order valence-electron chi connectivity index (χ0n) is 5.03. The summed E-state index contributed by atoms with van der Waals surface area (Å²) < 4.78 is 0. The average Bonchev–Trinajstić information content (AvgIpc) is 1.61. The van der Waals surface area contributed by atoms with Crippen LogP contribution in [0, 0.1) is 6.92 Å². The van der Waals surface area contributed by atoms with E-state index in [0.29, 0.717) is 0 Å². The molecule has 0 amide bonds. The molecule has 0 spiro atoms. The number of hydrogen-bond donors (Lipinski definition) is 0. The maximum atomic E-state index is 5.35. The Morgan fingerprint density at radius 1 is 1.25 bits per heavy atom. The second-order valence-corrected chi connectivity index (χ2v) is 1.63. The van der Waals surface area contributed by atoms with E-state index in [2.05, 4.69) is 6.92 Å². The smallest absolute Gasteiger partial charge is 0.0222 e. The van der Waals surface area contributed by atoms with Gasteiger partial charge in [-0.15, -0.1) is 28.6 Å². The zero-order valence-corrected chi connectivity index (χ0v) is 10.5. The van der Waals surface area contributed by atoms with Gasteiger partial charge in [-0.1, -0.05) is 6.42 Å².